The van der Waals surface area contributed by atoms with Crippen molar-refractivity contribution in [3.63, 3.8) is 0 Å². The number of nitrogens with one attached hydrogen (secondary N) is 3. The van der Waals surface area contributed by atoms with Gasteiger partial charge in [0.2, 0.25) is 6.41 Å². The third kappa shape index (κ3) is 3.64. The van der Waals surface area contributed by atoms with Crippen LogP contribution in [0.5, 0.6) is 0 Å². The molecule has 0 fully saturated rings. The number of carbonyl (C=O) groups excluding carboxylic acids is 2. The van der Waals surface area contributed by atoms with E-state index in [1.807, 2.05) is 24.3 Å². The molecule has 0 aliphatic carbocycles. The summed E-state index contributed by atoms with van der Waals surface area (Å²) in [5.74, 6) is 0. The summed E-state index contributed by atoms with van der Waals surface area (Å²) in [6.07, 6.45) is 2.41. The van der Waals surface area contributed by atoms with Crippen molar-refractivity contribution < 1.29 is 9.59 Å². The predicted octanol–water partition coefficient (Wildman–Crippen LogP) is 3.46. The molecule has 1 heterocycles. The van der Waals surface area contributed by atoms with E-state index in [1.165, 1.54) is 0 Å². The highest BCUT2D eigenvalue weighted by molar-refractivity contribution is 5.97. The molecule has 26 heavy (non-hydrogen) atoms. The summed E-state index contributed by atoms with van der Waals surface area (Å²) in [5, 5.41) is 13.4. The fourth-order valence-electron chi connectivity index (χ4n) is 2.96. The Morgan fingerprint density at radius 2 is 1.96 bits per heavy atom. The first-order valence-electron chi connectivity index (χ1n) is 8.31. The lowest BCUT2D eigenvalue weighted by atomic mass is 10.0. The fourth-order valence-corrected chi connectivity index (χ4v) is 2.96. The Labute approximate surface area is 151 Å². The maximum absolute atomic E-state index is 12.2. The predicted molar refractivity (Wildman–Crippen MR) is 101 cm³/mol. The molecule has 3 amide bonds. The molecule has 0 atom stereocenters. The van der Waals surface area contributed by atoms with Crippen LogP contribution in [0.3, 0.4) is 0 Å². The molecule has 0 saturated heterocycles. The lowest BCUT2D eigenvalue weighted by molar-refractivity contribution is -0.105. The van der Waals surface area contributed by atoms with Gasteiger partial charge in [-0.3, -0.25) is 15.1 Å². The van der Waals surface area contributed by atoms with Gasteiger partial charge in [0.15, 0.2) is 0 Å². The fraction of sp³-hybridized carbons (Fsp3) is 0.222. The van der Waals surface area contributed by atoms with Gasteiger partial charge in [-0.2, -0.15) is 0 Å². The highest BCUT2D eigenvalue weighted by Crippen LogP contribution is 2.35. The second-order valence-corrected chi connectivity index (χ2v) is 5.71. The lowest BCUT2D eigenvalue weighted by Gasteiger charge is -2.30. The van der Waals surface area contributed by atoms with Crippen molar-refractivity contribution in [3.05, 3.63) is 48.0 Å². The van der Waals surface area contributed by atoms with Gasteiger partial charge in [-0.1, -0.05) is 29.5 Å². The summed E-state index contributed by atoms with van der Waals surface area (Å²) in [6, 6.07) is 12.7. The number of para-hydroxylation sites is 2. The van der Waals surface area contributed by atoms with E-state index in [-0.39, 0.29) is 6.03 Å². The van der Waals surface area contributed by atoms with Crippen molar-refractivity contribution in [2.45, 2.75) is 12.8 Å². The minimum absolute atomic E-state index is 0.155. The molecule has 0 bridgehead atoms. The molecule has 0 aromatic heterocycles. The number of carbonyl (C=O) groups is 2. The molecule has 3 rings (SSSR count). The minimum Gasteiger partial charge on any atom is -0.341 e. The molecular formula is C18H20N6O2. The van der Waals surface area contributed by atoms with E-state index in [1.54, 1.807) is 30.1 Å². The van der Waals surface area contributed by atoms with Crippen LogP contribution in [0.2, 0.25) is 0 Å². The van der Waals surface area contributed by atoms with E-state index in [0.29, 0.717) is 30.0 Å². The number of hydrogen-bond acceptors (Lipinski definition) is 4. The number of anilines is 3. The Morgan fingerprint density at radius 3 is 2.77 bits per heavy atom. The number of hydrogen-bond donors (Lipinski definition) is 3. The SMILES string of the molecule is CNC(=O)N1CCCc2cccc(NN=Nc3ccccc3NC=O)c21. The Morgan fingerprint density at radius 1 is 1.15 bits per heavy atom. The monoisotopic (exact) mass is 352 g/mol. The molecule has 1 aliphatic heterocycles. The number of urea groups is 1. The quantitative estimate of drug-likeness (QED) is 0.436. The molecule has 134 valence electrons. The number of benzene rings is 2. The maximum atomic E-state index is 12.2. The van der Waals surface area contributed by atoms with Gasteiger partial charge >= 0.3 is 6.03 Å². The van der Waals surface area contributed by atoms with Crippen LogP contribution >= 0.6 is 0 Å². The zero-order chi connectivity index (χ0) is 18.4. The average Bonchev–Trinajstić information content (AvgIpc) is 2.68. The normalized spacial score (nSPS) is 13.2. The summed E-state index contributed by atoms with van der Waals surface area (Å²) in [5.41, 5.74) is 6.62. The summed E-state index contributed by atoms with van der Waals surface area (Å²) in [7, 11) is 1.61. The third-order valence-electron chi connectivity index (χ3n) is 4.12. The number of nitrogens with zero attached hydrogens (tertiary/aromatic N) is 3. The van der Waals surface area contributed by atoms with Crippen LogP contribution in [0.15, 0.2) is 52.8 Å². The molecule has 1 aliphatic rings. The minimum atomic E-state index is -0.155. The topological polar surface area (TPSA) is 98.2 Å². The van der Waals surface area contributed by atoms with Crippen LogP contribution in [0.4, 0.5) is 27.5 Å². The molecule has 0 spiro atoms. The van der Waals surface area contributed by atoms with Gasteiger partial charge in [-0.05, 0) is 36.6 Å². The first-order valence-corrected chi connectivity index (χ1v) is 8.31. The second kappa shape index (κ2) is 8.11. The number of amides is 3. The van der Waals surface area contributed by atoms with Gasteiger partial charge in [0.1, 0.15) is 5.69 Å². The zero-order valence-corrected chi connectivity index (χ0v) is 14.4. The molecule has 0 radical (unpaired) electrons. The van der Waals surface area contributed by atoms with Gasteiger partial charge in [0.25, 0.3) is 0 Å². The van der Waals surface area contributed by atoms with Crippen molar-refractivity contribution in [1.29, 1.82) is 0 Å². The van der Waals surface area contributed by atoms with E-state index < -0.39 is 0 Å². The van der Waals surface area contributed by atoms with E-state index in [4.69, 9.17) is 0 Å². The number of rotatable bonds is 5. The van der Waals surface area contributed by atoms with Crippen LogP contribution in [0.1, 0.15) is 12.0 Å². The van der Waals surface area contributed by atoms with Crippen molar-refractivity contribution in [1.82, 2.24) is 5.32 Å². The highest BCUT2D eigenvalue weighted by atomic mass is 16.2. The molecule has 2 aromatic carbocycles. The largest absolute Gasteiger partial charge is 0.341 e. The molecular weight excluding hydrogens is 332 g/mol. The van der Waals surface area contributed by atoms with E-state index >= 15 is 0 Å². The summed E-state index contributed by atoms with van der Waals surface area (Å²) in [4.78, 5) is 24.6. The molecule has 0 saturated carbocycles. The molecule has 3 N–H and O–H groups in total. The standard InChI is InChI=1S/C18H20N6O2/c1-19-18(26)24-11-5-7-13-6-4-10-16(17(13)24)22-23-21-15-9-3-2-8-14(15)20-12-25/h2-4,6,8-10,12H,5,7,11H2,1H3,(H,19,26)(H,20,25)(H,21,22). The Kier molecular flexibility index (Phi) is 5.43. The van der Waals surface area contributed by atoms with E-state index in [0.717, 1.165) is 24.1 Å². The lowest BCUT2D eigenvalue weighted by Crippen LogP contribution is -2.41. The van der Waals surface area contributed by atoms with E-state index in [2.05, 4.69) is 26.4 Å². The zero-order valence-electron chi connectivity index (χ0n) is 14.4. The molecule has 0 unspecified atom stereocenters. The first kappa shape index (κ1) is 17.4. The van der Waals surface area contributed by atoms with Gasteiger partial charge < -0.3 is 10.6 Å². The smallest absolute Gasteiger partial charge is 0.321 e. The Hall–Kier alpha value is -3.42. The molecule has 2 aromatic rings. The molecule has 8 heteroatoms. The van der Waals surface area contributed by atoms with Crippen molar-refractivity contribution >= 4 is 35.2 Å². The van der Waals surface area contributed by atoms with Crippen molar-refractivity contribution in [2.24, 2.45) is 10.3 Å². The second-order valence-electron chi connectivity index (χ2n) is 5.71. The van der Waals surface area contributed by atoms with Gasteiger partial charge in [-0.25, -0.2) is 4.79 Å². The van der Waals surface area contributed by atoms with E-state index in [9.17, 15) is 9.59 Å². The summed E-state index contributed by atoms with van der Waals surface area (Å²) in [6.45, 7) is 0.647. The summed E-state index contributed by atoms with van der Waals surface area (Å²) < 4.78 is 0. The third-order valence-corrected chi connectivity index (χ3v) is 4.12. The highest BCUT2D eigenvalue weighted by Gasteiger charge is 2.24. The van der Waals surface area contributed by atoms with Gasteiger partial charge in [0.05, 0.1) is 17.1 Å². The number of fused-ring (bicyclic) bond motifs is 1. The van der Waals surface area contributed by atoms with Gasteiger partial charge in [-0.15, -0.1) is 5.11 Å². The van der Waals surface area contributed by atoms with Crippen LogP contribution < -0.4 is 21.0 Å². The Balaban J connectivity index is 1.85. The van der Waals surface area contributed by atoms with Crippen molar-refractivity contribution in [3.8, 4) is 0 Å². The van der Waals surface area contributed by atoms with Crippen LogP contribution in [-0.4, -0.2) is 26.0 Å². The van der Waals surface area contributed by atoms with Gasteiger partial charge in [0, 0.05) is 13.6 Å². The average molecular weight is 352 g/mol. The first-order chi connectivity index (χ1) is 12.7. The van der Waals surface area contributed by atoms with Crippen LogP contribution in [0.25, 0.3) is 0 Å². The maximum Gasteiger partial charge on any atom is 0.321 e. The summed E-state index contributed by atoms with van der Waals surface area (Å²) >= 11 is 0. The van der Waals surface area contributed by atoms with Crippen LogP contribution in [0, 0.1) is 0 Å². The van der Waals surface area contributed by atoms with Crippen molar-refractivity contribution in [2.75, 3.05) is 29.2 Å². The molecule has 8 nitrogen and oxygen atoms in total. The number of aryl methyl sites for hydroxylation is 1. The van der Waals surface area contributed by atoms with Crippen LogP contribution in [-0.2, 0) is 11.2 Å². The Bertz CT molecular complexity index is 836.